The number of nitrogens with zero attached hydrogens (tertiary/aromatic N) is 1. The van der Waals surface area contributed by atoms with E-state index in [1.807, 2.05) is 0 Å². The summed E-state index contributed by atoms with van der Waals surface area (Å²) in [5.41, 5.74) is 3.85. The molecule has 0 saturated carbocycles. The maximum atomic E-state index is 13.2. The van der Waals surface area contributed by atoms with Crippen molar-refractivity contribution < 1.29 is 4.39 Å². The van der Waals surface area contributed by atoms with Gasteiger partial charge in [-0.1, -0.05) is 6.07 Å². The Balaban J connectivity index is 3.05. The Kier molecular flexibility index (Phi) is 2.12. The summed E-state index contributed by atoms with van der Waals surface area (Å²) < 4.78 is 14.0. The molecule has 0 radical (unpaired) electrons. The first kappa shape index (κ1) is 9.60. The summed E-state index contributed by atoms with van der Waals surface area (Å²) in [7, 11) is 0. The normalized spacial score (nSPS) is 10.8. The van der Waals surface area contributed by atoms with Gasteiger partial charge >= 0.3 is 5.69 Å². The Morgan fingerprint density at radius 1 is 1.40 bits per heavy atom. The number of hydrogen-bond donors (Lipinski definition) is 2. The quantitative estimate of drug-likeness (QED) is 0.679. The molecule has 15 heavy (non-hydrogen) atoms. The number of hydrogen-bond acceptors (Lipinski definition) is 3. The third-order valence-electron chi connectivity index (χ3n) is 2.15. The van der Waals surface area contributed by atoms with E-state index < -0.39 is 17.1 Å². The molecule has 0 unspecified atom stereocenters. The van der Waals surface area contributed by atoms with Crippen LogP contribution in [0.3, 0.4) is 0 Å². The Hall–Kier alpha value is -1.95. The topological polar surface area (TPSA) is 80.9 Å². The molecule has 2 aromatic rings. The second-order valence-electron chi connectivity index (χ2n) is 3.01. The van der Waals surface area contributed by atoms with Crippen molar-refractivity contribution in [3.63, 3.8) is 0 Å². The number of aromatic nitrogens is 2. The molecule has 0 aliphatic rings. The highest BCUT2D eigenvalue weighted by Crippen LogP contribution is 2.08. The van der Waals surface area contributed by atoms with Crippen LogP contribution >= 0.6 is 0 Å². The van der Waals surface area contributed by atoms with Gasteiger partial charge in [-0.3, -0.25) is 4.79 Å². The van der Waals surface area contributed by atoms with Gasteiger partial charge in [0.05, 0.1) is 17.6 Å². The average molecular weight is 209 g/mol. The van der Waals surface area contributed by atoms with Gasteiger partial charge in [-0.15, -0.1) is 0 Å². The van der Waals surface area contributed by atoms with E-state index in [1.54, 1.807) is 0 Å². The van der Waals surface area contributed by atoms with E-state index in [4.69, 9.17) is 5.73 Å². The molecule has 78 valence electrons. The maximum Gasteiger partial charge on any atom is 0.330 e. The molecule has 0 atom stereocenters. The zero-order chi connectivity index (χ0) is 11.0. The maximum absolute atomic E-state index is 13.2. The molecule has 0 amide bonds. The number of benzene rings is 1. The summed E-state index contributed by atoms with van der Waals surface area (Å²) in [5.74, 6) is -0.633. The number of nitrogens with one attached hydrogen (secondary N) is 1. The monoisotopic (exact) mass is 209 g/mol. The molecule has 3 N–H and O–H groups in total. The van der Waals surface area contributed by atoms with Gasteiger partial charge < -0.3 is 10.7 Å². The summed E-state index contributed by atoms with van der Waals surface area (Å²) >= 11 is 0. The lowest BCUT2D eigenvalue weighted by Gasteiger charge is -2.03. The van der Waals surface area contributed by atoms with E-state index in [-0.39, 0.29) is 17.6 Å². The van der Waals surface area contributed by atoms with Crippen LogP contribution in [-0.2, 0) is 6.67 Å². The molecule has 0 aliphatic heterocycles. The van der Waals surface area contributed by atoms with Crippen LogP contribution in [0.25, 0.3) is 10.9 Å². The Morgan fingerprint density at radius 3 is 2.80 bits per heavy atom. The van der Waals surface area contributed by atoms with E-state index in [2.05, 4.69) is 4.98 Å². The minimum absolute atomic E-state index is 0.0859. The summed E-state index contributed by atoms with van der Waals surface area (Å²) in [5, 5.41) is 0.111. The molecule has 6 heteroatoms. The van der Waals surface area contributed by atoms with Crippen LogP contribution in [0.5, 0.6) is 0 Å². The molecule has 0 bridgehead atoms. The SMILES string of the molecule is NCn1c(=O)[nH]c2c(F)cccc2c1=O. The number of para-hydroxylation sites is 1. The van der Waals surface area contributed by atoms with Crippen molar-refractivity contribution in [2.45, 2.75) is 6.67 Å². The fraction of sp³-hybridized carbons (Fsp3) is 0.111. The van der Waals surface area contributed by atoms with Gasteiger partial charge in [0.1, 0.15) is 5.82 Å². The first-order valence-corrected chi connectivity index (χ1v) is 4.26. The van der Waals surface area contributed by atoms with Crippen LogP contribution in [0.4, 0.5) is 4.39 Å². The molecule has 1 heterocycles. The lowest BCUT2D eigenvalue weighted by atomic mass is 10.2. The number of halogens is 1. The Labute approximate surface area is 83.0 Å². The second kappa shape index (κ2) is 3.32. The first-order valence-electron chi connectivity index (χ1n) is 4.26. The van der Waals surface area contributed by atoms with E-state index in [9.17, 15) is 14.0 Å². The third kappa shape index (κ3) is 1.35. The fourth-order valence-corrected chi connectivity index (χ4v) is 1.41. The molecule has 5 nitrogen and oxygen atoms in total. The van der Waals surface area contributed by atoms with Crippen molar-refractivity contribution in [2.75, 3.05) is 0 Å². The van der Waals surface area contributed by atoms with Gasteiger partial charge in [0, 0.05) is 0 Å². The van der Waals surface area contributed by atoms with Crippen molar-refractivity contribution in [3.05, 3.63) is 44.9 Å². The van der Waals surface area contributed by atoms with Crippen LogP contribution in [0.15, 0.2) is 27.8 Å². The molecular formula is C9H8FN3O2. The largest absolute Gasteiger partial charge is 0.330 e. The third-order valence-corrected chi connectivity index (χ3v) is 2.15. The summed E-state index contributed by atoms with van der Waals surface area (Å²) in [6.45, 7) is -0.235. The molecule has 2 rings (SSSR count). The fourth-order valence-electron chi connectivity index (χ4n) is 1.41. The van der Waals surface area contributed by atoms with Crippen molar-refractivity contribution in [1.82, 2.24) is 9.55 Å². The first-order chi connectivity index (χ1) is 7.15. The zero-order valence-corrected chi connectivity index (χ0v) is 7.66. The second-order valence-corrected chi connectivity index (χ2v) is 3.01. The molecule has 1 aromatic carbocycles. The van der Waals surface area contributed by atoms with Crippen LogP contribution in [0, 0.1) is 5.82 Å². The highest BCUT2D eigenvalue weighted by atomic mass is 19.1. The highest BCUT2D eigenvalue weighted by molar-refractivity contribution is 5.77. The van der Waals surface area contributed by atoms with Crippen molar-refractivity contribution in [3.8, 4) is 0 Å². The molecule has 0 saturated heterocycles. The molecule has 0 spiro atoms. The predicted octanol–water partition coefficient (Wildman–Crippen LogP) is -0.255. The molecule has 1 aromatic heterocycles. The van der Waals surface area contributed by atoms with Gasteiger partial charge in [-0.2, -0.15) is 0 Å². The van der Waals surface area contributed by atoms with Gasteiger partial charge in [-0.25, -0.2) is 13.8 Å². The molecular weight excluding hydrogens is 201 g/mol. The zero-order valence-electron chi connectivity index (χ0n) is 7.66. The summed E-state index contributed by atoms with van der Waals surface area (Å²) in [4.78, 5) is 25.2. The number of rotatable bonds is 1. The minimum Gasteiger partial charge on any atom is -0.313 e. The highest BCUT2D eigenvalue weighted by Gasteiger charge is 2.08. The van der Waals surface area contributed by atoms with Crippen LogP contribution in [0.1, 0.15) is 0 Å². The smallest absolute Gasteiger partial charge is 0.313 e. The Morgan fingerprint density at radius 2 is 2.13 bits per heavy atom. The van der Waals surface area contributed by atoms with Gasteiger partial charge in [0.25, 0.3) is 5.56 Å². The van der Waals surface area contributed by atoms with E-state index >= 15 is 0 Å². The minimum atomic E-state index is -0.708. The number of fused-ring (bicyclic) bond motifs is 1. The van der Waals surface area contributed by atoms with Crippen molar-refractivity contribution in [1.29, 1.82) is 0 Å². The summed E-state index contributed by atoms with van der Waals surface area (Å²) in [6.07, 6.45) is 0. The van der Waals surface area contributed by atoms with Crippen LogP contribution in [0.2, 0.25) is 0 Å². The van der Waals surface area contributed by atoms with Gasteiger partial charge in [-0.05, 0) is 12.1 Å². The van der Waals surface area contributed by atoms with E-state index in [1.165, 1.54) is 18.2 Å². The van der Waals surface area contributed by atoms with Gasteiger partial charge in [0.2, 0.25) is 0 Å². The van der Waals surface area contributed by atoms with Crippen molar-refractivity contribution in [2.24, 2.45) is 5.73 Å². The standard InChI is InChI=1S/C9H8FN3O2/c10-6-3-1-2-5-7(6)12-9(15)13(4-11)8(5)14/h1-3H,4,11H2,(H,12,15). The number of H-pyrrole nitrogens is 1. The van der Waals surface area contributed by atoms with Crippen LogP contribution < -0.4 is 17.0 Å². The molecule has 0 aliphatic carbocycles. The summed E-state index contributed by atoms with van der Waals surface area (Å²) in [6, 6.07) is 4.01. The lowest BCUT2D eigenvalue weighted by Crippen LogP contribution is -2.37. The molecule has 0 fully saturated rings. The van der Waals surface area contributed by atoms with E-state index in [0.717, 1.165) is 4.57 Å². The predicted molar refractivity (Wildman–Crippen MR) is 53.0 cm³/mol. The number of aromatic amines is 1. The Bertz CT molecular complexity index is 629. The van der Waals surface area contributed by atoms with Gasteiger partial charge in [0.15, 0.2) is 0 Å². The van der Waals surface area contributed by atoms with E-state index in [0.29, 0.717) is 0 Å². The lowest BCUT2D eigenvalue weighted by molar-refractivity contribution is 0.626. The average Bonchev–Trinajstić information content (AvgIpc) is 2.20. The van der Waals surface area contributed by atoms with Crippen molar-refractivity contribution >= 4 is 10.9 Å². The van der Waals surface area contributed by atoms with Crippen LogP contribution in [-0.4, -0.2) is 9.55 Å². The number of nitrogens with two attached hydrogens (primary N) is 1.